The van der Waals surface area contributed by atoms with Gasteiger partial charge in [0.1, 0.15) is 0 Å². The number of rotatable bonds is 4. The number of hydrogen-bond acceptors (Lipinski definition) is 3. The number of esters is 1. The van der Waals surface area contributed by atoms with E-state index >= 15 is 0 Å². The lowest BCUT2D eigenvalue weighted by Gasteiger charge is -2.52. The van der Waals surface area contributed by atoms with Gasteiger partial charge in [-0.1, -0.05) is 27.2 Å². The summed E-state index contributed by atoms with van der Waals surface area (Å²) in [5.74, 6) is 3.94. The van der Waals surface area contributed by atoms with Crippen molar-refractivity contribution >= 4 is 5.97 Å². The second-order valence-corrected chi connectivity index (χ2v) is 10.5. The molecule has 5 rings (SSSR count). The summed E-state index contributed by atoms with van der Waals surface area (Å²) in [6, 6.07) is 0. The van der Waals surface area contributed by atoms with Gasteiger partial charge in [0.2, 0.25) is 0 Å². The minimum Gasteiger partial charge on any atom is -0.469 e. The molecule has 3 nitrogen and oxygen atoms in total. The highest BCUT2D eigenvalue weighted by atomic mass is 16.5. The van der Waals surface area contributed by atoms with Crippen LogP contribution in [0.1, 0.15) is 78.6 Å². The van der Waals surface area contributed by atoms with Crippen LogP contribution in [0, 0.1) is 35.0 Å². The van der Waals surface area contributed by atoms with Crippen molar-refractivity contribution in [2.45, 2.75) is 84.1 Å². The van der Waals surface area contributed by atoms with Crippen molar-refractivity contribution in [2.24, 2.45) is 35.0 Å². The SMILES string of the molecule is COC(=O)CCC1C2CCCC23CCC2CN3CC(C(C)C)CCC21C. The Morgan fingerprint density at radius 3 is 2.69 bits per heavy atom. The molecular weight excluding hydrogens is 322 g/mol. The third-order valence-electron chi connectivity index (χ3n) is 9.42. The van der Waals surface area contributed by atoms with E-state index in [1.165, 1.54) is 58.0 Å². The molecule has 5 fully saturated rings. The van der Waals surface area contributed by atoms with Crippen molar-refractivity contribution < 1.29 is 9.53 Å². The number of ether oxygens (including phenoxy) is 1. The third kappa shape index (κ3) is 2.75. The molecule has 3 saturated heterocycles. The van der Waals surface area contributed by atoms with E-state index in [1.807, 2.05) is 0 Å². The topological polar surface area (TPSA) is 29.5 Å². The van der Waals surface area contributed by atoms with Gasteiger partial charge in [0.15, 0.2) is 0 Å². The quantitative estimate of drug-likeness (QED) is 0.668. The number of methoxy groups -OCH3 is 1. The predicted molar refractivity (Wildman–Crippen MR) is 105 cm³/mol. The summed E-state index contributed by atoms with van der Waals surface area (Å²) < 4.78 is 5.01. The van der Waals surface area contributed by atoms with Gasteiger partial charge in [-0.3, -0.25) is 9.69 Å². The molecular formula is C23H39NO2. The Bertz CT molecular complexity index is 546. The van der Waals surface area contributed by atoms with Crippen LogP contribution in [0.4, 0.5) is 0 Å². The lowest BCUT2D eigenvalue weighted by Crippen LogP contribution is -2.57. The number of carbonyl (C=O) groups excluding carboxylic acids is 1. The highest BCUT2D eigenvalue weighted by Crippen LogP contribution is 2.64. The largest absolute Gasteiger partial charge is 0.469 e. The third-order valence-corrected chi connectivity index (χ3v) is 9.42. The molecule has 5 aliphatic rings. The van der Waals surface area contributed by atoms with Crippen LogP contribution in [0.15, 0.2) is 0 Å². The van der Waals surface area contributed by atoms with Crippen LogP contribution in [-0.4, -0.2) is 36.6 Å². The Morgan fingerprint density at radius 1 is 1.15 bits per heavy atom. The van der Waals surface area contributed by atoms with E-state index in [-0.39, 0.29) is 5.97 Å². The lowest BCUT2D eigenvalue weighted by atomic mass is 9.59. The van der Waals surface area contributed by atoms with Gasteiger partial charge in [0.05, 0.1) is 7.11 Å². The average Bonchev–Trinajstić information content (AvgIpc) is 2.97. The Balaban J connectivity index is 1.72. The molecule has 26 heavy (non-hydrogen) atoms. The number of nitrogens with zero attached hydrogens (tertiary/aromatic N) is 1. The molecule has 0 aromatic rings. The molecule has 4 bridgehead atoms. The minimum atomic E-state index is -0.0113. The first-order valence-corrected chi connectivity index (χ1v) is 11.2. The summed E-state index contributed by atoms with van der Waals surface area (Å²) >= 11 is 0. The van der Waals surface area contributed by atoms with E-state index in [1.54, 1.807) is 7.11 Å². The molecule has 3 heteroatoms. The zero-order valence-electron chi connectivity index (χ0n) is 17.4. The fourth-order valence-corrected chi connectivity index (χ4v) is 7.75. The number of piperidine rings is 1. The molecule has 148 valence electrons. The number of carbonyl (C=O) groups is 1. The molecule has 0 aromatic carbocycles. The van der Waals surface area contributed by atoms with Crippen LogP contribution < -0.4 is 0 Å². The summed E-state index contributed by atoms with van der Waals surface area (Å²) in [5, 5.41) is 0. The maximum absolute atomic E-state index is 12.0. The molecule has 3 aliphatic heterocycles. The zero-order chi connectivity index (χ0) is 18.5. The molecule has 7 atom stereocenters. The Labute approximate surface area is 160 Å². The van der Waals surface area contributed by atoms with Gasteiger partial charge >= 0.3 is 5.97 Å². The van der Waals surface area contributed by atoms with Crippen molar-refractivity contribution in [3.63, 3.8) is 0 Å². The van der Waals surface area contributed by atoms with Gasteiger partial charge in [-0.05, 0) is 80.0 Å². The first kappa shape index (κ1) is 18.8. The first-order chi connectivity index (χ1) is 12.4. The van der Waals surface area contributed by atoms with E-state index in [0.717, 1.165) is 30.1 Å². The van der Waals surface area contributed by atoms with E-state index in [9.17, 15) is 4.79 Å². The highest BCUT2D eigenvalue weighted by molar-refractivity contribution is 5.69. The molecule has 0 amide bonds. The molecule has 1 spiro atoms. The van der Waals surface area contributed by atoms with Crippen molar-refractivity contribution in [2.75, 3.05) is 20.2 Å². The monoisotopic (exact) mass is 361 g/mol. The van der Waals surface area contributed by atoms with Crippen molar-refractivity contribution in [1.29, 1.82) is 0 Å². The predicted octanol–water partition coefficient (Wildman–Crippen LogP) is 4.89. The summed E-state index contributed by atoms with van der Waals surface area (Å²) in [5.41, 5.74) is 0.861. The van der Waals surface area contributed by atoms with Crippen LogP contribution in [0.5, 0.6) is 0 Å². The first-order valence-electron chi connectivity index (χ1n) is 11.2. The Hall–Kier alpha value is -0.570. The van der Waals surface area contributed by atoms with Gasteiger partial charge in [-0.2, -0.15) is 0 Å². The second-order valence-electron chi connectivity index (χ2n) is 10.5. The minimum absolute atomic E-state index is 0.0113. The molecule has 2 aliphatic carbocycles. The van der Waals surface area contributed by atoms with Crippen LogP contribution in [0.2, 0.25) is 0 Å². The molecule has 0 aromatic heterocycles. The fourth-order valence-electron chi connectivity index (χ4n) is 7.75. The zero-order valence-corrected chi connectivity index (χ0v) is 17.4. The van der Waals surface area contributed by atoms with Gasteiger partial charge in [-0.25, -0.2) is 0 Å². The van der Waals surface area contributed by atoms with E-state index < -0.39 is 0 Å². The standard InChI is InChI=1S/C23H39NO2/c1-16(2)17-9-12-22(3)18-10-13-23(24(14-17)15-18)11-5-6-20(23)19(22)7-8-21(25)26-4/h16-20H,5-15H2,1-4H3. The second kappa shape index (κ2) is 6.79. The van der Waals surface area contributed by atoms with Crippen LogP contribution >= 0.6 is 0 Å². The van der Waals surface area contributed by atoms with Crippen molar-refractivity contribution in [3.05, 3.63) is 0 Å². The summed E-state index contributed by atoms with van der Waals surface area (Å²) in [6.45, 7) is 10.1. The van der Waals surface area contributed by atoms with Gasteiger partial charge in [-0.15, -0.1) is 0 Å². The molecule has 0 N–H and O–H groups in total. The fraction of sp³-hybridized carbons (Fsp3) is 0.957. The van der Waals surface area contributed by atoms with Gasteiger partial charge in [0, 0.05) is 25.0 Å². The van der Waals surface area contributed by atoms with Gasteiger partial charge in [0.25, 0.3) is 0 Å². The number of hydrogen-bond donors (Lipinski definition) is 0. The van der Waals surface area contributed by atoms with E-state index in [2.05, 4.69) is 25.7 Å². The van der Waals surface area contributed by atoms with Crippen molar-refractivity contribution in [1.82, 2.24) is 4.90 Å². The maximum atomic E-state index is 12.0. The summed E-state index contributed by atoms with van der Waals surface area (Å²) in [7, 11) is 1.54. The van der Waals surface area contributed by atoms with Crippen molar-refractivity contribution in [3.8, 4) is 0 Å². The molecule has 3 heterocycles. The Kier molecular flexibility index (Phi) is 4.91. The van der Waals surface area contributed by atoms with E-state index in [4.69, 9.17) is 4.74 Å². The maximum Gasteiger partial charge on any atom is 0.305 e. The van der Waals surface area contributed by atoms with Crippen LogP contribution in [0.25, 0.3) is 0 Å². The normalized spacial score (nSPS) is 47.3. The molecule has 2 saturated carbocycles. The van der Waals surface area contributed by atoms with Gasteiger partial charge < -0.3 is 4.74 Å². The number of fused-ring (bicyclic) bond motifs is 1. The van der Waals surface area contributed by atoms with E-state index in [0.29, 0.717) is 23.3 Å². The summed E-state index contributed by atoms with van der Waals surface area (Å²) in [6.07, 6.45) is 11.4. The average molecular weight is 362 g/mol. The highest BCUT2D eigenvalue weighted by Gasteiger charge is 2.62. The van der Waals surface area contributed by atoms with Crippen LogP contribution in [-0.2, 0) is 9.53 Å². The lowest BCUT2D eigenvalue weighted by molar-refractivity contribution is -0.141. The molecule has 0 radical (unpaired) electrons. The smallest absolute Gasteiger partial charge is 0.305 e. The summed E-state index contributed by atoms with van der Waals surface area (Å²) in [4.78, 5) is 14.9. The molecule has 7 unspecified atom stereocenters. The van der Waals surface area contributed by atoms with Crippen LogP contribution in [0.3, 0.4) is 0 Å². The Morgan fingerprint density at radius 2 is 1.96 bits per heavy atom.